The number of ether oxygens (including phenoxy) is 1. The van der Waals surface area contributed by atoms with Crippen molar-refractivity contribution in [3.63, 3.8) is 0 Å². The topological polar surface area (TPSA) is 84.6 Å². The minimum atomic E-state index is -0.547. The largest absolute Gasteiger partial charge is 0.391 e. The normalized spacial score (nSPS) is 27.4. The van der Waals surface area contributed by atoms with E-state index in [1.54, 1.807) is 7.11 Å². The SMILES string of the molecule is COCCC(N)C(=O)N[C@H]1CCCC[C@@H]1O. The van der Waals surface area contributed by atoms with Crippen molar-refractivity contribution < 1.29 is 14.6 Å². The molecule has 1 aliphatic carbocycles. The number of hydrogen-bond donors (Lipinski definition) is 3. The van der Waals surface area contributed by atoms with E-state index >= 15 is 0 Å². The Bertz CT molecular complexity index is 223. The highest BCUT2D eigenvalue weighted by Crippen LogP contribution is 2.18. The Balaban J connectivity index is 2.31. The van der Waals surface area contributed by atoms with Gasteiger partial charge in [-0.15, -0.1) is 0 Å². The summed E-state index contributed by atoms with van der Waals surface area (Å²) in [5, 5.41) is 12.5. The van der Waals surface area contributed by atoms with Gasteiger partial charge in [-0.25, -0.2) is 0 Å². The maximum atomic E-state index is 11.7. The molecule has 0 saturated heterocycles. The summed E-state index contributed by atoms with van der Waals surface area (Å²) < 4.78 is 4.86. The fourth-order valence-electron chi connectivity index (χ4n) is 1.95. The second-order valence-electron chi connectivity index (χ2n) is 4.35. The molecule has 5 heteroatoms. The van der Waals surface area contributed by atoms with Crippen LogP contribution >= 0.6 is 0 Å². The van der Waals surface area contributed by atoms with Crippen LogP contribution in [0.1, 0.15) is 32.1 Å². The van der Waals surface area contributed by atoms with E-state index in [9.17, 15) is 9.90 Å². The fourth-order valence-corrected chi connectivity index (χ4v) is 1.95. The predicted molar refractivity (Wildman–Crippen MR) is 60.9 cm³/mol. The summed E-state index contributed by atoms with van der Waals surface area (Å²) in [6.07, 6.45) is 3.76. The molecule has 4 N–H and O–H groups in total. The van der Waals surface area contributed by atoms with Crippen molar-refractivity contribution in [2.45, 2.75) is 50.3 Å². The first kappa shape index (κ1) is 13.4. The summed E-state index contributed by atoms with van der Waals surface area (Å²) in [6.45, 7) is 0.474. The Morgan fingerprint density at radius 1 is 1.56 bits per heavy atom. The maximum Gasteiger partial charge on any atom is 0.237 e. The van der Waals surface area contributed by atoms with Crippen LogP contribution < -0.4 is 11.1 Å². The second-order valence-corrected chi connectivity index (χ2v) is 4.35. The molecule has 0 aliphatic heterocycles. The third-order valence-corrected chi connectivity index (χ3v) is 3.03. The molecule has 0 aromatic heterocycles. The molecule has 0 aromatic rings. The molecule has 0 aromatic carbocycles. The van der Waals surface area contributed by atoms with E-state index in [-0.39, 0.29) is 11.9 Å². The molecule has 0 bridgehead atoms. The number of hydrogen-bond acceptors (Lipinski definition) is 4. The standard InChI is InChI=1S/C11H22N2O3/c1-16-7-6-8(12)11(15)13-9-4-2-3-5-10(9)14/h8-10,14H,2-7,12H2,1H3,(H,13,15)/t8?,9-,10-/m0/s1. The lowest BCUT2D eigenvalue weighted by molar-refractivity contribution is -0.124. The number of rotatable bonds is 5. The van der Waals surface area contributed by atoms with Crippen molar-refractivity contribution in [2.75, 3.05) is 13.7 Å². The minimum Gasteiger partial charge on any atom is -0.391 e. The molecule has 94 valence electrons. The number of aliphatic hydroxyl groups is 1. The van der Waals surface area contributed by atoms with Gasteiger partial charge in [-0.05, 0) is 19.3 Å². The van der Waals surface area contributed by atoms with E-state index in [1.165, 1.54) is 0 Å². The van der Waals surface area contributed by atoms with Crippen molar-refractivity contribution in [3.8, 4) is 0 Å². The smallest absolute Gasteiger partial charge is 0.237 e. The van der Waals surface area contributed by atoms with Crippen LogP contribution in [0.15, 0.2) is 0 Å². The van der Waals surface area contributed by atoms with Gasteiger partial charge in [0, 0.05) is 13.7 Å². The van der Waals surface area contributed by atoms with Gasteiger partial charge in [-0.2, -0.15) is 0 Å². The predicted octanol–water partition coefficient (Wildman–Crippen LogP) is -0.230. The third-order valence-electron chi connectivity index (χ3n) is 3.03. The lowest BCUT2D eigenvalue weighted by Crippen LogP contribution is -2.51. The highest BCUT2D eigenvalue weighted by molar-refractivity contribution is 5.81. The number of carbonyl (C=O) groups is 1. The van der Waals surface area contributed by atoms with E-state index in [1.807, 2.05) is 0 Å². The minimum absolute atomic E-state index is 0.130. The van der Waals surface area contributed by atoms with Crippen LogP contribution in [0.3, 0.4) is 0 Å². The summed E-state index contributed by atoms with van der Waals surface area (Å²) in [4.78, 5) is 11.7. The van der Waals surface area contributed by atoms with Gasteiger partial charge in [0.1, 0.15) is 0 Å². The molecule has 0 heterocycles. The second kappa shape index (κ2) is 6.83. The molecule has 16 heavy (non-hydrogen) atoms. The lowest BCUT2D eigenvalue weighted by atomic mass is 9.92. The first-order valence-electron chi connectivity index (χ1n) is 5.88. The summed E-state index contributed by atoms with van der Waals surface area (Å²) in [7, 11) is 1.58. The van der Waals surface area contributed by atoms with Crippen molar-refractivity contribution in [3.05, 3.63) is 0 Å². The van der Waals surface area contributed by atoms with Crippen molar-refractivity contribution in [2.24, 2.45) is 5.73 Å². The molecule has 1 saturated carbocycles. The number of methoxy groups -OCH3 is 1. The van der Waals surface area contributed by atoms with Crippen LogP contribution in [-0.2, 0) is 9.53 Å². The third kappa shape index (κ3) is 4.08. The van der Waals surface area contributed by atoms with Gasteiger partial charge in [0.25, 0.3) is 0 Å². The van der Waals surface area contributed by atoms with Crippen LogP contribution in [0.2, 0.25) is 0 Å². The van der Waals surface area contributed by atoms with Crippen LogP contribution in [0.25, 0.3) is 0 Å². The van der Waals surface area contributed by atoms with E-state index in [0.717, 1.165) is 25.7 Å². The molecule has 1 amide bonds. The molecule has 3 atom stereocenters. The molecule has 5 nitrogen and oxygen atoms in total. The Hall–Kier alpha value is -0.650. The Morgan fingerprint density at radius 3 is 2.88 bits per heavy atom. The first-order valence-corrected chi connectivity index (χ1v) is 5.88. The quantitative estimate of drug-likeness (QED) is 0.609. The van der Waals surface area contributed by atoms with E-state index < -0.39 is 12.1 Å². The zero-order valence-electron chi connectivity index (χ0n) is 9.82. The average Bonchev–Trinajstić information content (AvgIpc) is 2.28. The monoisotopic (exact) mass is 230 g/mol. The number of nitrogens with one attached hydrogen (secondary N) is 1. The molecule has 0 spiro atoms. The van der Waals surface area contributed by atoms with Gasteiger partial charge in [-0.1, -0.05) is 12.8 Å². The summed E-state index contributed by atoms with van der Waals surface area (Å²) in [6, 6.07) is -0.677. The molecular weight excluding hydrogens is 208 g/mol. The van der Waals surface area contributed by atoms with Gasteiger partial charge >= 0.3 is 0 Å². The molecule has 1 aliphatic rings. The number of carbonyl (C=O) groups excluding carboxylic acids is 1. The number of nitrogens with two attached hydrogens (primary N) is 1. The van der Waals surface area contributed by atoms with E-state index in [0.29, 0.717) is 13.0 Å². The number of amides is 1. The molecule has 1 unspecified atom stereocenters. The zero-order chi connectivity index (χ0) is 12.0. The van der Waals surface area contributed by atoms with Crippen molar-refractivity contribution in [1.29, 1.82) is 0 Å². The van der Waals surface area contributed by atoms with Gasteiger partial charge < -0.3 is 20.9 Å². The van der Waals surface area contributed by atoms with Gasteiger partial charge in [-0.3, -0.25) is 4.79 Å². The highest BCUT2D eigenvalue weighted by Gasteiger charge is 2.26. The van der Waals surface area contributed by atoms with Gasteiger partial charge in [0.2, 0.25) is 5.91 Å². The van der Waals surface area contributed by atoms with Crippen LogP contribution in [0.4, 0.5) is 0 Å². The summed E-state index contributed by atoms with van der Waals surface area (Å²) in [5.41, 5.74) is 5.69. The Labute approximate surface area is 96.3 Å². The molecular formula is C11H22N2O3. The first-order chi connectivity index (χ1) is 7.65. The van der Waals surface area contributed by atoms with Crippen molar-refractivity contribution >= 4 is 5.91 Å². The Kier molecular flexibility index (Phi) is 5.73. The molecule has 1 fully saturated rings. The maximum absolute atomic E-state index is 11.7. The number of aliphatic hydroxyl groups excluding tert-OH is 1. The summed E-state index contributed by atoms with van der Waals surface area (Å²) in [5.74, 6) is -0.192. The Morgan fingerprint density at radius 2 is 2.25 bits per heavy atom. The van der Waals surface area contributed by atoms with Crippen LogP contribution in [0, 0.1) is 0 Å². The summed E-state index contributed by atoms with van der Waals surface area (Å²) >= 11 is 0. The molecule has 1 rings (SSSR count). The van der Waals surface area contributed by atoms with E-state index in [2.05, 4.69) is 5.32 Å². The fraction of sp³-hybridized carbons (Fsp3) is 0.909. The van der Waals surface area contributed by atoms with Gasteiger partial charge in [0.15, 0.2) is 0 Å². The average molecular weight is 230 g/mol. The highest BCUT2D eigenvalue weighted by atomic mass is 16.5. The molecule has 0 radical (unpaired) electrons. The zero-order valence-corrected chi connectivity index (χ0v) is 9.82. The van der Waals surface area contributed by atoms with Crippen LogP contribution in [-0.4, -0.2) is 42.9 Å². The van der Waals surface area contributed by atoms with Crippen molar-refractivity contribution in [1.82, 2.24) is 5.32 Å². The van der Waals surface area contributed by atoms with Crippen LogP contribution in [0.5, 0.6) is 0 Å². The van der Waals surface area contributed by atoms with Gasteiger partial charge in [0.05, 0.1) is 18.2 Å². The lowest BCUT2D eigenvalue weighted by Gasteiger charge is -2.29. The van der Waals surface area contributed by atoms with E-state index in [4.69, 9.17) is 10.5 Å².